The van der Waals surface area contributed by atoms with Crippen LogP contribution in [0.2, 0.25) is 5.15 Å². The molecule has 0 fully saturated rings. The Hall–Kier alpha value is -2.54. The largest absolute Gasteiger partial charge is 0.428 e. The van der Waals surface area contributed by atoms with Gasteiger partial charge in [-0.1, -0.05) is 17.7 Å². The molecule has 0 aliphatic heterocycles. The maximum atomic E-state index is 11.6. The second-order valence-corrected chi connectivity index (χ2v) is 3.91. The second kappa shape index (κ2) is 5.40. The van der Waals surface area contributed by atoms with E-state index in [0.717, 1.165) is 0 Å². The van der Waals surface area contributed by atoms with Gasteiger partial charge in [0.2, 0.25) is 5.56 Å². The van der Waals surface area contributed by atoms with Crippen molar-refractivity contribution >= 4 is 23.4 Å². The minimum Gasteiger partial charge on any atom is -0.428 e. The number of H-pyrrole nitrogens is 1. The molecule has 0 radical (unpaired) electrons. The third-order valence-electron chi connectivity index (χ3n) is 2.11. The van der Waals surface area contributed by atoms with Crippen molar-refractivity contribution in [3.63, 3.8) is 0 Å². The molecule has 0 saturated carbocycles. The fraction of sp³-hybridized carbons (Fsp3) is 0. The summed E-state index contributed by atoms with van der Waals surface area (Å²) in [5, 5.41) is 11.8. The van der Waals surface area contributed by atoms with E-state index in [-0.39, 0.29) is 21.9 Å². The molecule has 0 aromatic carbocycles. The molecule has 0 saturated heterocycles. The normalized spacial score (nSPS) is 11.3. The molecule has 2 heterocycles. The number of anilines is 1. The van der Waals surface area contributed by atoms with E-state index >= 15 is 0 Å². The molecule has 19 heavy (non-hydrogen) atoms. The number of hydrogen-bond acceptors (Lipinski definition) is 3. The van der Waals surface area contributed by atoms with Gasteiger partial charge in [0.1, 0.15) is 11.0 Å². The van der Waals surface area contributed by atoms with Gasteiger partial charge in [0, 0.05) is 18.3 Å². The maximum absolute atomic E-state index is 11.6. The number of nitrogens with zero attached hydrogens (tertiary/aromatic N) is 2. The highest BCUT2D eigenvalue weighted by Gasteiger charge is 2.00. The molecular weight excluding hydrogens is 272 g/mol. The van der Waals surface area contributed by atoms with Crippen LogP contribution in [0.25, 0.3) is 0 Å². The number of urea groups is 1. The van der Waals surface area contributed by atoms with Crippen molar-refractivity contribution in [3.05, 3.63) is 57.4 Å². The minimum atomic E-state index is -0.673. The minimum absolute atomic E-state index is 0.0159. The molecule has 2 rings (SSSR count). The number of carbonyl (C=O) groups is 1. The zero-order chi connectivity index (χ0) is 13.8. The van der Waals surface area contributed by atoms with Crippen LogP contribution in [0.1, 0.15) is 0 Å². The van der Waals surface area contributed by atoms with Crippen molar-refractivity contribution in [3.8, 4) is 0 Å². The molecule has 0 bridgehead atoms. The van der Waals surface area contributed by atoms with Crippen molar-refractivity contribution in [2.75, 3.05) is 5.32 Å². The summed E-state index contributed by atoms with van der Waals surface area (Å²) in [5.41, 5.74) is -0.332. The summed E-state index contributed by atoms with van der Waals surface area (Å²) in [7, 11) is 0. The Balaban J connectivity index is 2.21. The number of aromatic amines is 1. The van der Waals surface area contributed by atoms with Crippen LogP contribution in [0.3, 0.4) is 0 Å². The molecule has 0 aliphatic rings. The SMILES string of the molecule is O=C(/N=c1/ccn(O)c(Cl)c1)Nc1cccc(=O)[nH]1. The van der Waals surface area contributed by atoms with Gasteiger partial charge in [-0.2, -0.15) is 9.72 Å². The summed E-state index contributed by atoms with van der Waals surface area (Å²) in [5.74, 6) is 0.237. The van der Waals surface area contributed by atoms with E-state index in [1.54, 1.807) is 0 Å². The molecule has 2 aromatic rings. The Kier molecular flexibility index (Phi) is 3.67. The first-order valence-corrected chi connectivity index (χ1v) is 5.55. The average molecular weight is 281 g/mol. The van der Waals surface area contributed by atoms with E-state index in [1.807, 2.05) is 0 Å². The molecule has 2 aromatic heterocycles. The maximum Gasteiger partial charge on any atom is 0.347 e. The lowest BCUT2D eigenvalue weighted by Crippen LogP contribution is -2.16. The van der Waals surface area contributed by atoms with Crippen LogP contribution in [-0.2, 0) is 0 Å². The number of hydrogen-bond donors (Lipinski definition) is 3. The molecule has 2 amide bonds. The van der Waals surface area contributed by atoms with E-state index in [4.69, 9.17) is 16.8 Å². The van der Waals surface area contributed by atoms with Gasteiger partial charge in [-0.25, -0.2) is 4.79 Å². The molecule has 0 spiro atoms. The number of carbonyl (C=O) groups excluding carboxylic acids is 1. The van der Waals surface area contributed by atoms with Gasteiger partial charge in [-0.05, 0) is 12.1 Å². The smallest absolute Gasteiger partial charge is 0.347 e. The molecule has 3 N–H and O–H groups in total. The molecule has 0 atom stereocenters. The van der Waals surface area contributed by atoms with Gasteiger partial charge in [-0.15, -0.1) is 0 Å². The Bertz CT molecular complexity index is 735. The Morgan fingerprint density at radius 1 is 1.42 bits per heavy atom. The van der Waals surface area contributed by atoms with Crippen molar-refractivity contribution in [2.45, 2.75) is 0 Å². The van der Waals surface area contributed by atoms with E-state index in [1.165, 1.54) is 36.5 Å². The van der Waals surface area contributed by atoms with Gasteiger partial charge in [0.15, 0.2) is 0 Å². The number of nitrogens with one attached hydrogen (secondary N) is 2. The van der Waals surface area contributed by atoms with Crippen LogP contribution in [0, 0.1) is 0 Å². The van der Waals surface area contributed by atoms with E-state index in [0.29, 0.717) is 4.73 Å². The van der Waals surface area contributed by atoms with E-state index in [9.17, 15) is 9.59 Å². The Labute approximate surface area is 111 Å². The monoisotopic (exact) mass is 280 g/mol. The van der Waals surface area contributed by atoms with Crippen LogP contribution in [0.5, 0.6) is 0 Å². The van der Waals surface area contributed by atoms with Crippen LogP contribution in [-0.4, -0.2) is 21.0 Å². The molecule has 98 valence electrons. The molecular formula is C11H9ClN4O3. The van der Waals surface area contributed by atoms with Gasteiger partial charge in [-0.3, -0.25) is 10.1 Å². The standard InChI is InChI=1S/C11H9ClN4O3/c12-8-6-7(4-5-16(8)19)13-11(18)15-9-2-1-3-10(17)14-9/h1-6,19H,(H2,14,15,17,18)/b13-7-. The first-order chi connectivity index (χ1) is 9.04. The van der Waals surface area contributed by atoms with Crippen LogP contribution < -0.4 is 16.2 Å². The highest BCUT2D eigenvalue weighted by molar-refractivity contribution is 6.29. The van der Waals surface area contributed by atoms with E-state index in [2.05, 4.69) is 15.3 Å². The zero-order valence-electron chi connectivity index (χ0n) is 9.50. The van der Waals surface area contributed by atoms with Crippen LogP contribution in [0.4, 0.5) is 10.6 Å². The topological polar surface area (TPSA) is 99.5 Å². The lowest BCUT2D eigenvalue weighted by atomic mass is 10.4. The highest BCUT2D eigenvalue weighted by atomic mass is 35.5. The first kappa shape index (κ1) is 12.9. The summed E-state index contributed by atoms with van der Waals surface area (Å²) < 4.78 is 0.688. The Morgan fingerprint density at radius 3 is 2.89 bits per heavy atom. The summed E-state index contributed by atoms with van der Waals surface area (Å²) in [6.07, 6.45) is 1.25. The third-order valence-corrected chi connectivity index (χ3v) is 2.40. The third kappa shape index (κ3) is 3.46. The lowest BCUT2D eigenvalue weighted by Gasteiger charge is -2.01. The van der Waals surface area contributed by atoms with Crippen molar-refractivity contribution in [1.82, 2.24) is 9.71 Å². The number of halogens is 1. The van der Waals surface area contributed by atoms with Crippen LogP contribution in [0.15, 0.2) is 46.3 Å². The summed E-state index contributed by atoms with van der Waals surface area (Å²) >= 11 is 5.65. The fourth-order valence-electron chi connectivity index (χ4n) is 1.31. The summed E-state index contributed by atoms with van der Waals surface area (Å²) in [6.45, 7) is 0. The van der Waals surface area contributed by atoms with Crippen LogP contribution >= 0.6 is 11.6 Å². The van der Waals surface area contributed by atoms with Gasteiger partial charge in [0.05, 0.1) is 5.36 Å². The average Bonchev–Trinajstić information content (AvgIpc) is 2.34. The van der Waals surface area contributed by atoms with E-state index < -0.39 is 6.03 Å². The number of aromatic nitrogens is 2. The number of pyridine rings is 2. The number of rotatable bonds is 1. The second-order valence-electron chi connectivity index (χ2n) is 3.52. The molecule has 0 aliphatic carbocycles. The lowest BCUT2D eigenvalue weighted by molar-refractivity contribution is 0.185. The van der Waals surface area contributed by atoms with Crippen molar-refractivity contribution < 1.29 is 10.0 Å². The fourth-order valence-corrected chi connectivity index (χ4v) is 1.47. The van der Waals surface area contributed by atoms with Gasteiger partial charge in [0.25, 0.3) is 0 Å². The quantitative estimate of drug-likeness (QED) is 0.540. The first-order valence-electron chi connectivity index (χ1n) is 5.17. The number of amides is 2. The molecule has 7 nitrogen and oxygen atoms in total. The van der Waals surface area contributed by atoms with Gasteiger partial charge >= 0.3 is 6.03 Å². The highest BCUT2D eigenvalue weighted by Crippen LogP contribution is 2.01. The van der Waals surface area contributed by atoms with Crippen molar-refractivity contribution in [1.29, 1.82) is 0 Å². The predicted molar refractivity (Wildman–Crippen MR) is 68.3 cm³/mol. The van der Waals surface area contributed by atoms with Crippen molar-refractivity contribution in [2.24, 2.45) is 4.99 Å². The molecule has 0 unspecified atom stereocenters. The Morgan fingerprint density at radius 2 is 2.21 bits per heavy atom. The summed E-state index contributed by atoms with van der Waals surface area (Å²) in [4.78, 5) is 28.7. The summed E-state index contributed by atoms with van der Waals surface area (Å²) in [6, 6.07) is 6.39. The predicted octanol–water partition coefficient (Wildman–Crippen LogP) is 1.20. The van der Waals surface area contributed by atoms with Gasteiger partial charge < -0.3 is 10.2 Å². The molecule has 8 heteroatoms. The zero-order valence-corrected chi connectivity index (χ0v) is 10.3.